The molecule has 0 fully saturated rings. The highest BCUT2D eigenvalue weighted by atomic mass is 127. The number of anilines is 1. The fourth-order valence-corrected chi connectivity index (χ4v) is 2.47. The van der Waals surface area contributed by atoms with Crippen LogP contribution in [0.25, 0.3) is 11.0 Å². The standard InChI is InChI=1S/C14H9ClIN3O2/c15-9-5-7(1-3-10(9)16)13(20)17-8-2-4-11-12(6-8)19-14(21)18-11/h1-6H,(H,17,20)(H2,18,19,21). The van der Waals surface area contributed by atoms with Crippen molar-refractivity contribution in [1.82, 2.24) is 9.97 Å². The first kappa shape index (κ1) is 14.2. The summed E-state index contributed by atoms with van der Waals surface area (Å²) in [6.45, 7) is 0. The molecule has 0 saturated carbocycles. The molecule has 0 aliphatic carbocycles. The minimum absolute atomic E-state index is 0.259. The predicted octanol–water partition coefficient (Wildman–Crippen LogP) is 3.37. The van der Waals surface area contributed by atoms with Gasteiger partial charge in [-0.05, 0) is 59.0 Å². The van der Waals surface area contributed by atoms with Crippen molar-refractivity contribution in [2.45, 2.75) is 0 Å². The minimum atomic E-state index is -0.280. The molecule has 0 bridgehead atoms. The summed E-state index contributed by atoms with van der Waals surface area (Å²) >= 11 is 8.11. The normalized spacial score (nSPS) is 10.8. The molecule has 106 valence electrons. The molecule has 0 aliphatic heterocycles. The zero-order valence-corrected chi connectivity index (χ0v) is 13.4. The van der Waals surface area contributed by atoms with E-state index in [4.69, 9.17) is 11.6 Å². The Balaban J connectivity index is 1.88. The highest BCUT2D eigenvalue weighted by Gasteiger charge is 2.09. The van der Waals surface area contributed by atoms with Crippen molar-refractivity contribution in [3.63, 3.8) is 0 Å². The average molecular weight is 414 g/mol. The quantitative estimate of drug-likeness (QED) is 0.563. The summed E-state index contributed by atoms with van der Waals surface area (Å²) in [5.41, 5.74) is 2.12. The molecule has 5 nitrogen and oxygen atoms in total. The third-order valence-electron chi connectivity index (χ3n) is 2.96. The van der Waals surface area contributed by atoms with Gasteiger partial charge in [-0.3, -0.25) is 4.79 Å². The molecule has 0 atom stereocenters. The molecule has 3 N–H and O–H groups in total. The maximum Gasteiger partial charge on any atom is 0.323 e. The number of aromatic amines is 2. The maximum atomic E-state index is 12.2. The lowest BCUT2D eigenvalue weighted by atomic mass is 10.2. The minimum Gasteiger partial charge on any atom is -0.322 e. The molecule has 1 amide bonds. The fourth-order valence-electron chi connectivity index (χ4n) is 1.95. The van der Waals surface area contributed by atoms with Gasteiger partial charge in [-0.25, -0.2) is 4.79 Å². The van der Waals surface area contributed by atoms with Crippen LogP contribution in [0.3, 0.4) is 0 Å². The van der Waals surface area contributed by atoms with Crippen LogP contribution in [0, 0.1) is 3.57 Å². The van der Waals surface area contributed by atoms with Gasteiger partial charge >= 0.3 is 5.69 Å². The van der Waals surface area contributed by atoms with Crippen LogP contribution in [-0.2, 0) is 0 Å². The SMILES string of the molecule is O=C(Nc1ccc2[nH]c(=O)[nH]c2c1)c1ccc(I)c(Cl)c1. The van der Waals surface area contributed by atoms with Gasteiger partial charge in [0.1, 0.15) is 0 Å². The van der Waals surface area contributed by atoms with Crippen LogP contribution < -0.4 is 11.0 Å². The number of H-pyrrole nitrogens is 2. The molecule has 0 unspecified atom stereocenters. The second-order valence-electron chi connectivity index (χ2n) is 4.42. The first-order valence-corrected chi connectivity index (χ1v) is 7.47. The molecule has 21 heavy (non-hydrogen) atoms. The van der Waals surface area contributed by atoms with E-state index in [1.807, 2.05) is 0 Å². The summed E-state index contributed by atoms with van der Waals surface area (Å²) in [7, 11) is 0. The van der Waals surface area contributed by atoms with E-state index in [9.17, 15) is 9.59 Å². The number of amides is 1. The summed E-state index contributed by atoms with van der Waals surface area (Å²) in [4.78, 5) is 28.7. The number of halogens is 2. The van der Waals surface area contributed by atoms with Gasteiger partial charge in [-0.2, -0.15) is 0 Å². The summed E-state index contributed by atoms with van der Waals surface area (Å²) in [5.74, 6) is -0.259. The Labute approximate surface area is 137 Å². The zero-order chi connectivity index (χ0) is 15.0. The number of aromatic nitrogens is 2. The molecule has 7 heteroatoms. The molecular weight excluding hydrogens is 405 g/mol. The second-order valence-corrected chi connectivity index (χ2v) is 5.99. The van der Waals surface area contributed by atoms with E-state index in [0.717, 1.165) is 3.57 Å². The number of fused-ring (bicyclic) bond motifs is 1. The largest absolute Gasteiger partial charge is 0.323 e. The van der Waals surface area contributed by atoms with Gasteiger partial charge in [0.25, 0.3) is 5.91 Å². The van der Waals surface area contributed by atoms with Crippen LogP contribution in [0.15, 0.2) is 41.2 Å². The van der Waals surface area contributed by atoms with Gasteiger partial charge in [0, 0.05) is 14.8 Å². The number of carbonyl (C=O) groups excluding carboxylic acids is 1. The molecule has 0 radical (unpaired) electrons. The van der Waals surface area contributed by atoms with Gasteiger partial charge in [0.05, 0.1) is 16.1 Å². The highest BCUT2D eigenvalue weighted by Crippen LogP contribution is 2.21. The van der Waals surface area contributed by atoms with Crippen molar-refractivity contribution in [1.29, 1.82) is 0 Å². The highest BCUT2D eigenvalue weighted by molar-refractivity contribution is 14.1. The van der Waals surface area contributed by atoms with Crippen LogP contribution >= 0.6 is 34.2 Å². The van der Waals surface area contributed by atoms with Gasteiger partial charge in [0.15, 0.2) is 0 Å². The number of rotatable bonds is 2. The molecule has 0 aliphatic rings. The Morgan fingerprint density at radius 2 is 1.86 bits per heavy atom. The lowest BCUT2D eigenvalue weighted by molar-refractivity contribution is 0.102. The number of nitrogens with one attached hydrogen (secondary N) is 3. The van der Waals surface area contributed by atoms with Gasteiger partial charge in [-0.15, -0.1) is 0 Å². The van der Waals surface area contributed by atoms with E-state index in [0.29, 0.717) is 27.3 Å². The molecule has 0 spiro atoms. The first-order valence-electron chi connectivity index (χ1n) is 6.01. The lowest BCUT2D eigenvalue weighted by Gasteiger charge is -2.06. The number of hydrogen-bond donors (Lipinski definition) is 3. The van der Waals surface area contributed by atoms with Crippen molar-refractivity contribution in [2.24, 2.45) is 0 Å². The van der Waals surface area contributed by atoms with Gasteiger partial charge in [-0.1, -0.05) is 11.6 Å². The Morgan fingerprint density at radius 3 is 2.62 bits per heavy atom. The maximum absolute atomic E-state index is 12.2. The Morgan fingerprint density at radius 1 is 1.10 bits per heavy atom. The molecule has 1 heterocycles. The molecular formula is C14H9ClIN3O2. The van der Waals surface area contributed by atoms with Crippen molar-refractivity contribution in [3.8, 4) is 0 Å². The second kappa shape index (κ2) is 5.53. The summed E-state index contributed by atoms with van der Waals surface area (Å²) < 4.78 is 0.886. The fraction of sp³-hybridized carbons (Fsp3) is 0. The topological polar surface area (TPSA) is 77.8 Å². The molecule has 0 saturated heterocycles. The smallest absolute Gasteiger partial charge is 0.322 e. The molecule has 3 rings (SSSR count). The predicted molar refractivity (Wildman–Crippen MR) is 91.0 cm³/mol. The van der Waals surface area contributed by atoms with E-state index in [2.05, 4.69) is 37.9 Å². The third-order valence-corrected chi connectivity index (χ3v) is 4.53. The van der Waals surface area contributed by atoms with Gasteiger partial charge < -0.3 is 15.3 Å². The van der Waals surface area contributed by atoms with Crippen LogP contribution in [0.5, 0.6) is 0 Å². The lowest BCUT2D eigenvalue weighted by Crippen LogP contribution is -2.11. The van der Waals surface area contributed by atoms with Crippen LogP contribution in [0.1, 0.15) is 10.4 Å². The van der Waals surface area contributed by atoms with Crippen molar-refractivity contribution >= 4 is 56.8 Å². The molecule has 2 aromatic carbocycles. The Bertz CT molecular complexity index is 901. The Kier molecular flexibility index (Phi) is 3.73. The van der Waals surface area contributed by atoms with E-state index in [1.165, 1.54) is 0 Å². The van der Waals surface area contributed by atoms with E-state index < -0.39 is 0 Å². The van der Waals surface area contributed by atoms with Crippen molar-refractivity contribution in [3.05, 3.63) is 61.0 Å². The average Bonchev–Trinajstić information content (AvgIpc) is 2.81. The summed E-state index contributed by atoms with van der Waals surface area (Å²) in [6.07, 6.45) is 0. The zero-order valence-electron chi connectivity index (χ0n) is 10.5. The molecule has 1 aromatic heterocycles. The molecule has 3 aromatic rings. The van der Waals surface area contributed by atoms with Crippen LogP contribution in [0.2, 0.25) is 5.02 Å². The number of imidazole rings is 1. The van der Waals surface area contributed by atoms with E-state index in [1.54, 1.807) is 36.4 Å². The van der Waals surface area contributed by atoms with Crippen LogP contribution in [0.4, 0.5) is 5.69 Å². The van der Waals surface area contributed by atoms with Gasteiger partial charge in [0.2, 0.25) is 0 Å². The number of carbonyl (C=O) groups is 1. The monoisotopic (exact) mass is 413 g/mol. The van der Waals surface area contributed by atoms with Crippen molar-refractivity contribution in [2.75, 3.05) is 5.32 Å². The number of benzene rings is 2. The summed E-state index contributed by atoms with van der Waals surface area (Å²) in [5, 5.41) is 3.31. The third kappa shape index (κ3) is 2.96. The van der Waals surface area contributed by atoms with Crippen LogP contribution in [-0.4, -0.2) is 15.9 Å². The van der Waals surface area contributed by atoms with Crippen molar-refractivity contribution < 1.29 is 4.79 Å². The summed E-state index contributed by atoms with van der Waals surface area (Å²) in [6, 6.07) is 10.3. The Hall–Kier alpha value is -1.80. The first-order chi connectivity index (χ1) is 10.0. The number of hydrogen-bond acceptors (Lipinski definition) is 2. The van der Waals surface area contributed by atoms with E-state index >= 15 is 0 Å². The van der Waals surface area contributed by atoms with E-state index in [-0.39, 0.29) is 11.6 Å².